The minimum atomic E-state index is 0.754. The smallest absolute Gasteiger partial charge is 0.0122 e. The van der Waals surface area contributed by atoms with Gasteiger partial charge in [0.1, 0.15) is 0 Å². The minimum absolute atomic E-state index is 0.754. The molecule has 1 fully saturated rings. The fourth-order valence-electron chi connectivity index (χ4n) is 4.13. The zero-order valence-electron chi connectivity index (χ0n) is 12.8. The molecule has 2 aliphatic carbocycles. The molecule has 0 amide bonds. The Bertz CT molecular complexity index is 491. The van der Waals surface area contributed by atoms with E-state index in [-0.39, 0.29) is 0 Å². The van der Waals surface area contributed by atoms with E-state index in [1.54, 1.807) is 5.56 Å². The van der Waals surface area contributed by atoms with Crippen LogP contribution in [0.5, 0.6) is 0 Å². The largest absolute Gasteiger partial charge is 0.0808 e. The fourth-order valence-corrected chi connectivity index (χ4v) is 4.13. The van der Waals surface area contributed by atoms with Gasteiger partial charge in [-0.1, -0.05) is 73.9 Å². The number of allylic oxidation sites excluding steroid dienone is 4. The topological polar surface area (TPSA) is 0 Å². The first kappa shape index (κ1) is 13.7. The first-order valence-corrected chi connectivity index (χ1v) is 8.21. The summed E-state index contributed by atoms with van der Waals surface area (Å²) >= 11 is 0. The number of aryl methyl sites for hydroxylation is 1. The zero-order chi connectivity index (χ0) is 13.9. The van der Waals surface area contributed by atoms with E-state index in [4.69, 9.17) is 0 Å². The summed E-state index contributed by atoms with van der Waals surface area (Å²) in [6.45, 7) is 4.49. The number of hydrogen-bond acceptors (Lipinski definition) is 0. The van der Waals surface area contributed by atoms with E-state index in [2.05, 4.69) is 62.4 Å². The summed E-state index contributed by atoms with van der Waals surface area (Å²) in [5.74, 6) is 3.14. The van der Waals surface area contributed by atoms with Crippen LogP contribution in [-0.4, -0.2) is 0 Å². The van der Waals surface area contributed by atoms with Gasteiger partial charge in [-0.25, -0.2) is 0 Å². The number of hydrogen-bond donors (Lipinski definition) is 0. The molecule has 1 saturated carbocycles. The average molecular weight is 266 g/mol. The van der Waals surface area contributed by atoms with Gasteiger partial charge >= 0.3 is 0 Å². The molecule has 0 heterocycles. The summed E-state index contributed by atoms with van der Waals surface area (Å²) in [5, 5.41) is 0. The van der Waals surface area contributed by atoms with Gasteiger partial charge in [-0.3, -0.25) is 0 Å². The second kappa shape index (κ2) is 5.99. The lowest BCUT2D eigenvalue weighted by Crippen LogP contribution is -2.15. The summed E-state index contributed by atoms with van der Waals surface area (Å²) in [4.78, 5) is 0. The van der Waals surface area contributed by atoms with Gasteiger partial charge in [0.2, 0.25) is 0 Å². The number of fused-ring (bicyclic) bond motifs is 1. The molecule has 0 radical (unpaired) electrons. The molecule has 0 nitrogen and oxygen atoms in total. The predicted octanol–water partition coefficient (Wildman–Crippen LogP) is 5.65. The fraction of sp³-hybridized carbons (Fsp3) is 0.500. The van der Waals surface area contributed by atoms with Crippen LogP contribution in [-0.2, 0) is 0 Å². The van der Waals surface area contributed by atoms with Crippen LogP contribution in [0.3, 0.4) is 0 Å². The van der Waals surface area contributed by atoms with Crippen LogP contribution in [0, 0.1) is 24.7 Å². The zero-order valence-corrected chi connectivity index (χ0v) is 12.8. The van der Waals surface area contributed by atoms with Crippen molar-refractivity contribution < 1.29 is 0 Å². The molecule has 4 unspecified atom stereocenters. The lowest BCUT2D eigenvalue weighted by Gasteiger charge is -2.25. The van der Waals surface area contributed by atoms with Gasteiger partial charge in [0.05, 0.1) is 0 Å². The van der Waals surface area contributed by atoms with Gasteiger partial charge in [0, 0.05) is 0 Å². The van der Waals surface area contributed by atoms with Gasteiger partial charge in [0.15, 0.2) is 0 Å². The van der Waals surface area contributed by atoms with E-state index < -0.39 is 0 Å². The molecule has 1 aromatic carbocycles. The van der Waals surface area contributed by atoms with Crippen molar-refractivity contribution in [3.05, 3.63) is 59.7 Å². The summed E-state index contributed by atoms with van der Waals surface area (Å²) < 4.78 is 0. The quantitative estimate of drug-likeness (QED) is 0.661. The predicted molar refractivity (Wildman–Crippen MR) is 86.8 cm³/mol. The van der Waals surface area contributed by atoms with Gasteiger partial charge in [0.25, 0.3) is 0 Å². The van der Waals surface area contributed by atoms with E-state index in [9.17, 15) is 0 Å². The Morgan fingerprint density at radius 2 is 1.80 bits per heavy atom. The van der Waals surface area contributed by atoms with Crippen LogP contribution in [0.15, 0.2) is 48.6 Å². The van der Waals surface area contributed by atoms with Crippen molar-refractivity contribution in [2.45, 2.75) is 45.4 Å². The van der Waals surface area contributed by atoms with Crippen LogP contribution < -0.4 is 0 Å². The maximum Gasteiger partial charge on any atom is -0.0122 e. The van der Waals surface area contributed by atoms with Crippen molar-refractivity contribution in [3.8, 4) is 0 Å². The molecule has 4 atom stereocenters. The van der Waals surface area contributed by atoms with E-state index >= 15 is 0 Å². The second-order valence-electron chi connectivity index (χ2n) is 6.57. The Labute approximate surface area is 123 Å². The monoisotopic (exact) mass is 266 g/mol. The number of rotatable bonds is 4. The molecule has 0 aliphatic heterocycles. The molecule has 0 heteroatoms. The van der Waals surface area contributed by atoms with Crippen molar-refractivity contribution in [1.29, 1.82) is 0 Å². The molecular formula is C20H26. The second-order valence-corrected chi connectivity index (χ2v) is 6.57. The first-order chi connectivity index (χ1) is 9.79. The Morgan fingerprint density at radius 3 is 2.55 bits per heavy atom. The van der Waals surface area contributed by atoms with E-state index in [0.29, 0.717) is 0 Å². The molecule has 20 heavy (non-hydrogen) atoms. The van der Waals surface area contributed by atoms with Crippen molar-refractivity contribution in [3.63, 3.8) is 0 Å². The summed E-state index contributed by atoms with van der Waals surface area (Å²) in [6, 6.07) is 9.28. The lowest BCUT2D eigenvalue weighted by molar-refractivity contribution is 0.359. The van der Waals surface area contributed by atoms with Crippen LogP contribution in [0.1, 0.15) is 49.7 Å². The molecule has 106 valence electrons. The van der Waals surface area contributed by atoms with E-state index in [1.165, 1.54) is 31.2 Å². The molecule has 1 aromatic rings. The highest BCUT2D eigenvalue weighted by Crippen LogP contribution is 2.51. The Kier molecular flexibility index (Phi) is 4.10. The highest BCUT2D eigenvalue weighted by Gasteiger charge is 2.41. The molecule has 0 bridgehead atoms. The molecule has 2 aliphatic rings. The van der Waals surface area contributed by atoms with Crippen molar-refractivity contribution in [2.75, 3.05) is 0 Å². The molecule has 0 saturated heterocycles. The van der Waals surface area contributed by atoms with Crippen molar-refractivity contribution in [1.82, 2.24) is 0 Å². The van der Waals surface area contributed by atoms with Crippen LogP contribution in [0.2, 0.25) is 0 Å². The molecule has 0 spiro atoms. The van der Waals surface area contributed by atoms with Crippen LogP contribution >= 0.6 is 0 Å². The maximum atomic E-state index is 2.47. The van der Waals surface area contributed by atoms with Crippen molar-refractivity contribution in [2.24, 2.45) is 17.8 Å². The first-order valence-electron chi connectivity index (χ1n) is 8.21. The summed E-state index contributed by atoms with van der Waals surface area (Å²) in [6.07, 6.45) is 14.8. The third-order valence-corrected chi connectivity index (χ3v) is 5.23. The Balaban J connectivity index is 1.85. The van der Waals surface area contributed by atoms with Gasteiger partial charge in [-0.2, -0.15) is 0 Å². The maximum absolute atomic E-state index is 2.47. The normalized spacial score (nSPS) is 31.5. The minimum Gasteiger partial charge on any atom is -0.0808 e. The molecule has 3 rings (SSSR count). The highest BCUT2D eigenvalue weighted by atomic mass is 14.4. The SMILES string of the molecule is CCCCC1C(c2ccc(C)cc2)CC2C=CC=CC21. The van der Waals surface area contributed by atoms with Gasteiger partial charge < -0.3 is 0 Å². The Hall–Kier alpha value is -1.30. The average Bonchev–Trinajstić information content (AvgIpc) is 2.84. The van der Waals surface area contributed by atoms with E-state index in [0.717, 1.165) is 23.7 Å². The number of benzene rings is 1. The molecule has 0 aromatic heterocycles. The summed E-state index contributed by atoms with van der Waals surface area (Å²) in [7, 11) is 0. The number of unbranched alkanes of at least 4 members (excludes halogenated alkanes) is 1. The molecule has 0 N–H and O–H groups in total. The van der Waals surface area contributed by atoms with E-state index in [1.807, 2.05) is 0 Å². The highest BCUT2D eigenvalue weighted by molar-refractivity contribution is 5.29. The third kappa shape index (κ3) is 2.61. The molecular weight excluding hydrogens is 240 g/mol. The van der Waals surface area contributed by atoms with Crippen LogP contribution in [0.25, 0.3) is 0 Å². The Morgan fingerprint density at radius 1 is 1.05 bits per heavy atom. The van der Waals surface area contributed by atoms with Gasteiger partial charge in [-0.05, 0) is 49.0 Å². The summed E-state index contributed by atoms with van der Waals surface area (Å²) in [5.41, 5.74) is 2.93. The van der Waals surface area contributed by atoms with Crippen molar-refractivity contribution >= 4 is 0 Å². The lowest BCUT2D eigenvalue weighted by atomic mass is 9.79. The third-order valence-electron chi connectivity index (χ3n) is 5.23. The standard InChI is InChI=1S/C20H26/c1-3-4-8-19-18-9-6-5-7-17(18)14-20(19)16-12-10-15(2)11-13-16/h5-7,9-13,17-20H,3-4,8,14H2,1-2H3. The van der Waals surface area contributed by atoms with Crippen LogP contribution in [0.4, 0.5) is 0 Å². The van der Waals surface area contributed by atoms with Gasteiger partial charge in [-0.15, -0.1) is 0 Å².